The third-order valence-electron chi connectivity index (χ3n) is 6.13. The summed E-state index contributed by atoms with van der Waals surface area (Å²) >= 11 is 0. The van der Waals surface area contributed by atoms with Crippen LogP contribution in [0, 0.1) is 19.3 Å². The molecule has 2 heterocycles. The largest absolute Gasteiger partial charge is 0.481 e. The molecule has 0 saturated heterocycles. The average Bonchev–Trinajstić information content (AvgIpc) is 2.91. The molecule has 0 aliphatic heterocycles. The number of fused-ring (bicyclic) bond motifs is 2. The lowest BCUT2D eigenvalue weighted by Crippen LogP contribution is -2.16. The number of ether oxygens (including phenoxy) is 1. The maximum atomic E-state index is 13.3. The van der Waals surface area contributed by atoms with Gasteiger partial charge >= 0.3 is 0 Å². The van der Waals surface area contributed by atoms with Crippen molar-refractivity contribution in [2.24, 2.45) is 0 Å². The van der Waals surface area contributed by atoms with Gasteiger partial charge in [-0.2, -0.15) is 0 Å². The summed E-state index contributed by atoms with van der Waals surface area (Å²) in [5.74, 6) is 3.18. The van der Waals surface area contributed by atoms with Crippen LogP contribution in [-0.2, 0) is 0 Å². The highest BCUT2D eigenvalue weighted by Crippen LogP contribution is 2.30. The molecule has 3 aromatic carbocycles. The van der Waals surface area contributed by atoms with Crippen LogP contribution < -0.4 is 10.1 Å². The highest BCUT2D eigenvalue weighted by molar-refractivity contribution is 6.05. The van der Waals surface area contributed by atoms with E-state index in [2.05, 4.69) is 47.2 Å². The maximum Gasteiger partial charge on any atom is 0.293 e. The van der Waals surface area contributed by atoms with E-state index in [9.17, 15) is 4.79 Å². The van der Waals surface area contributed by atoms with Crippen molar-refractivity contribution in [2.75, 3.05) is 11.9 Å². The van der Waals surface area contributed by atoms with Gasteiger partial charge in [0, 0.05) is 27.7 Å². The molecule has 0 bridgehead atoms. The van der Waals surface area contributed by atoms with Crippen LogP contribution in [0.5, 0.6) is 5.75 Å². The van der Waals surface area contributed by atoms with Crippen molar-refractivity contribution in [3.63, 3.8) is 0 Å². The number of anilines is 1. The molecule has 1 amide bonds. The first-order valence-electron chi connectivity index (χ1n) is 12.1. The van der Waals surface area contributed by atoms with Gasteiger partial charge in [-0.3, -0.25) is 9.78 Å². The number of benzene rings is 3. The SMILES string of the molecule is C#CCOc1ccc2nc(C(=O)Nc3ccc4nc(C)ccc4c3)nc(-c3ccc(C(C)C)cc3)c2c1. The zero-order chi connectivity index (χ0) is 25.9. The average molecular weight is 487 g/mol. The van der Waals surface area contributed by atoms with Gasteiger partial charge in [0.25, 0.3) is 5.91 Å². The topological polar surface area (TPSA) is 77.0 Å². The van der Waals surface area contributed by atoms with Gasteiger partial charge in [-0.05, 0) is 60.9 Å². The van der Waals surface area contributed by atoms with Crippen molar-refractivity contribution in [3.05, 3.63) is 89.9 Å². The third-order valence-corrected chi connectivity index (χ3v) is 6.13. The minimum atomic E-state index is -0.394. The normalized spacial score (nSPS) is 11.0. The number of amides is 1. The van der Waals surface area contributed by atoms with Gasteiger partial charge in [0.1, 0.15) is 12.4 Å². The number of carbonyl (C=O) groups is 1. The van der Waals surface area contributed by atoms with Crippen molar-refractivity contribution in [1.29, 1.82) is 0 Å². The Hall–Kier alpha value is -4.76. The number of aryl methyl sites for hydroxylation is 1. The van der Waals surface area contributed by atoms with Crippen molar-refractivity contribution in [2.45, 2.75) is 26.7 Å². The van der Waals surface area contributed by atoms with Crippen LogP contribution in [0.4, 0.5) is 5.69 Å². The highest BCUT2D eigenvalue weighted by atomic mass is 16.5. The second-order valence-electron chi connectivity index (χ2n) is 9.16. The van der Waals surface area contributed by atoms with Gasteiger partial charge in [-0.15, -0.1) is 6.42 Å². The Morgan fingerprint density at radius 1 is 0.946 bits per heavy atom. The summed E-state index contributed by atoms with van der Waals surface area (Å²) in [4.78, 5) is 27.1. The van der Waals surface area contributed by atoms with Gasteiger partial charge in [0.05, 0.1) is 16.7 Å². The number of hydrogen-bond acceptors (Lipinski definition) is 5. The molecule has 0 fully saturated rings. The molecule has 182 valence electrons. The molecule has 0 spiro atoms. The van der Waals surface area contributed by atoms with Crippen LogP contribution in [0.1, 0.15) is 41.6 Å². The first-order valence-corrected chi connectivity index (χ1v) is 12.1. The van der Waals surface area contributed by atoms with Crippen LogP contribution in [0.2, 0.25) is 0 Å². The van der Waals surface area contributed by atoms with Crippen molar-refractivity contribution >= 4 is 33.4 Å². The van der Waals surface area contributed by atoms with Crippen LogP contribution in [0.15, 0.2) is 72.8 Å². The van der Waals surface area contributed by atoms with Gasteiger partial charge in [-0.25, -0.2) is 9.97 Å². The van der Waals surface area contributed by atoms with Crippen LogP contribution >= 0.6 is 0 Å². The zero-order valence-electron chi connectivity index (χ0n) is 20.9. The lowest BCUT2D eigenvalue weighted by Gasteiger charge is -2.12. The first-order chi connectivity index (χ1) is 17.9. The summed E-state index contributed by atoms with van der Waals surface area (Å²) in [5.41, 5.74) is 5.84. The quantitative estimate of drug-likeness (QED) is 0.276. The summed E-state index contributed by atoms with van der Waals surface area (Å²) in [7, 11) is 0. The van der Waals surface area contributed by atoms with E-state index in [0.29, 0.717) is 28.6 Å². The number of nitrogens with zero attached hydrogens (tertiary/aromatic N) is 3. The van der Waals surface area contributed by atoms with Crippen molar-refractivity contribution in [3.8, 4) is 29.4 Å². The Morgan fingerprint density at radius 3 is 2.49 bits per heavy atom. The van der Waals surface area contributed by atoms with Gasteiger partial charge in [-0.1, -0.05) is 50.1 Å². The van der Waals surface area contributed by atoms with Crippen molar-refractivity contribution in [1.82, 2.24) is 15.0 Å². The molecule has 5 rings (SSSR count). The monoisotopic (exact) mass is 486 g/mol. The predicted molar refractivity (Wildman–Crippen MR) is 148 cm³/mol. The number of hydrogen-bond donors (Lipinski definition) is 1. The molecule has 0 atom stereocenters. The molecule has 0 unspecified atom stereocenters. The van der Waals surface area contributed by atoms with Gasteiger partial charge in [0.15, 0.2) is 0 Å². The number of terminal acetylenes is 1. The Bertz CT molecular complexity index is 1670. The van der Waals surface area contributed by atoms with E-state index in [4.69, 9.17) is 16.1 Å². The molecule has 6 heteroatoms. The zero-order valence-corrected chi connectivity index (χ0v) is 20.9. The van der Waals surface area contributed by atoms with Crippen molar-refractivity contribution < 1.29 is 9.53 Å². The number of rotatable bonds is 6. The first kappa shape index (κ1) is 24.0. The van der Waals surface area contributed by atoms with Crippen LogP contribution in [0.25, 0.3) is 33.1 Å². The summed E-state index contributed by atoms with van der Waals surface area (Å²) in [6.45, 7) is 6.41. The van der Waals surface area contributed by atoms with Gasteiger partial charge in [0.2, 0.25) is 5.82 Å². The fraction of sp³-hybridized carbons (Fsp3) is 0.161. The molecule has 0 saturated carbocycles. The third kappa shape index (κ3) is 5.12. The molecule has 6 nitrogen and oxygen atoms in total. The standard InChI is InChI=1S/C31H26N4O2/c1-5-16-37-25-13-15-28-26(18-25)29(22-10-8-21(9-11-22)19(2)3)35-30(34-28)31(36)33-24-12-14-27-23(17-24)7-6-20(4)32-27/h1,6-15,17-19H,16H2,2-4H3,(H,33,36). The smallest absolute Gasteiger partial charge is 0.293 e. The summed E-state index contributed by atoms with van der Waals surface area (Å²) in [5, 5.41) is 4.64. The highest BCUT2D eigenvalue weighted by Gasteiger charge is 2.17. The Balaban J connectivity index is 1.55. The molecule has 0 radical (unpaired) electrons. The van der Waals surface area contributed by atoms with E-state index in [-0.39, 0.29) is 12.4 Å². The number of pyridine rings is 1. The van der Waals surface area contributed by atoms with E-state index in [1.807, 2.05) is 61.5 Å². The van der Waals surface area contributed by atoms with Crippen LogP contribution in [-0.4, -0.2) is 27.5 Å². The summed E-state index contributed by atoms with van der Waals surface area (Å²) < 4.78 is 5.63. The molecule has 0 aliphatic carbocycles. The molecule has 2 aromatic heterocycles. The second-order valence-corrected chi connectivity index (χ2v) is 9.16. The minimum absolute atomic E-state index is 0.0786. The maximum absolute atomic E-state index is 13.3. The Labute approximate surface area is 215 Å². The summed E-state index contributed by atoms with van der Waals surface area (Å²) in [6, 6.07) is 23.2. The molecule has 37 heavy (non-hydrogen) atoms. The molecule has 1 N–H and O–H groups in total. The van der Waals surface area contributed by atoms with E-state index in [1.54, 1.807) is 6.07 Å². The second kappa shape index (κ2) is 10.1. The lowest BCUT2D eigenvalue weighted by molar-refractivity contribution is 0.101. The summed E-state index contributed by atoms with van der Waals surface area (Å²) in [6.07, 6.45) is 5.35. The number of carbonyl (C=O) groups excluding carboxylic acids is 1. The van der Waals surface area contributed by atoms with Crippen LogP contribution in [0.3, 0.4) is 0 Å². The molecule has 0 aliphatic rings. The lowest BCUT2D eigenvalue weighted by atomic mass is 9.99. The predicted octanol–water partition coefficient (Wildman–Crippen LogP) is 6.54. The number of aromatic nitrogens is 3. The molecular weight excluding hydrogens is 460 g/mol. The van der Waals surface area contributed by atoms with E-state index in [0.717, 1.165) is 27.5 Å². The van der Waals surface area contributed by atoms with E-state index < -0.39 is 5.91 Å². The van der Waals surface area contributed by atoms with E-state index >= 15 is 0 Å². The number of nitrogens with one attached hydrogen (secondary N) is 1. The van der Waals surface area contributed by atoms with Gasteiger partial charge < -0.3 is 10.1 Å². The molecule has 5 aromatic rings. The molecular formula is C31H26N4O2. The Kier molecular flexibility index (Phi) is 6.53. The fourth-order valence-electron chi connectivity index (χ4n) is 4.16. The fourth-order valence-corrected chi connectivity index (χ4v) is 4.16. The minimum Gasteiger partial charge on any atom is -0.481 e. The Morgan fingerprint density at radius 2 is 1.73 bits per heavy atom. The van der Waals surface area contributed by atoms with E-state index in [1.165, 1.54) is 5.56 Å².